The molecule has 0 aromatic heterocycles. The molecule has 4 nitrogen and oxygen atoms in total. The van der Waals surface area contributed by atoms with Gasteiger partial charge in [-0.15, -0.1) is 0 Å². The van der Waals surface area contributed by atoms with Crippen LogP contribution in [0.1, 0.15) is 33.1 Å². The first-order valence-electron chi connectivity index (χ1n) is 6.05. The minimum absolute atomic E-state index is 0.587. The fourth-order valence-corrected chi connectivity index (χ4v) is 1.65. The molecule has 1 aliphatic rings. The molecular formula is C11H24N4. The lowest BCUT2D eigenvalue weighted by atomic mass is 10.4. The summed E-state index contributed by atoms with van der Waals surface area (Å²) in [6.07, 6.45) is 3.78. The first kappa shape index (κ1) is 12.3. The minimum atomic E-state index is 0.587. The lowest BCUT2D eigenvalue weighted by molar-refractivity contribution is 0.282. The van der Waals surface area contributed by atoms with E-state index in [1.54, 1.807) is 0 Å². The zero-order valence-electron chi connectivity index (χ0n) is 10.00. The maximum absolute atomic E-state index is 5.70. The average molecular weight is 212 g/mol. The van der Waals surface area contributed by atoms with Crippen LogP contribution < -0.4 is 11.1 Å². The van der Waals surface area contributed by atoms with Gasteiger partial charge in [-0.3, -0.25) is 9.89 Å². The van der Waals surface area contributed by atoms with Crippen LogP contribution in [0.25, 0.3) is 0 Å². The Labute approximate surface area is 92.9 Å². The molecule has 0 aliphatic heterocycles. The van der Waals surface area contributed by atoms with Crippen LogP contribution in [0, 0.1) is 0 Å². The van der Waals surface area contributed by atoms with Gasteiger partial charge in [0.15, 0.2) is 5.96 Å². The van der Waals surface area contributed by atoms with Gasteiger partial charge in [0.25, 0.3) is 0 Å². The van der Waals surface area contributed by atoms with E-state index in [-0.39, 0.29) is 0 Å². The number of likely N-dealkylation sites (N-methyl/N-ethyl adjacent to an activating group) is 1. The third-order valence-electron chi connectivity index (χ3n) is 2.68. The van der Waals surface area contributed by atoms with Gasteiger partial charge in [-0.2, -0.15) is 0 Å². The highest BCUT2D eigenvalue weighted by Crippen LogP contribution is 2.25. The van der Waals surface area contributed by atoms with Gasteiger partial charge in [-0.05, 0) is 25.8 Å². The van der Waals surface area contributed by atoms with E-state index in [0.29, 0.717) is 5.96 Å². The van der Waals surface area contributed by atoms with Crippen molar-refractivity contribution in [2.24, 2.45) is 10.7 Å². The van der Waals surface area contributed by atoms with Crippen molar-refractivity contribution in [1.29, 1.82) is 0 Å². The van der Waals surface area contributed by atoms with Gasteiger partial charge in [0.2, 0.25) is 0 Å². The Morgan fingerprint density at radius 3 is 2.73 bits per heavy atom. The Balaban J connectivity index is 2.08. The highest BCUT2D eigenvalue weighted by Gasteiger charge is 2.26. The highest BCUT2D eigenvalue weighted by atomic mass is 15.2. The molecule has 0 atom stereocenters. The van der Waals surface area contributed by atoms with E-state index in [4.69, 9.17) is 5.73 Å². The van der Waals surface area contributed by atoms with Crippen LogP contribution in [0.3, 0.4) is 0 Å². The third-order valence-corrected chi connectivity index (χ3v) is 2.68. The summed E-state index contributed by atoms with van der Waals surface area (Å²) in [6.45, 7) is 8.25. The first-order valence-corrected chi connectivity index (χ1v) is 6.05. The average Bonchev–Trinajstić information content (AvgIpc) is 3.05. The maximum atomic E-state index is 5.70. The van der Waals surface area contributed by atoms with E-state index >= 15 is 0 Å². The second kappa shape index (κ2) is 6.67. The van der Waals surface area contributed by atoms with Gasteiger partial charge in [-0.1, -0.05) is 13.8 Å². The number of nitrogens with one attached hydrogen (secondary N) is 1. The quantitative estimate of drug-likeness (QED) is 0.484. The molecule has 0 saturated heterocycles. The number of nitrogens with two attached hydrogens (primary N) is 1. The fourth-order valence-electron chi connectivity index (χ4n) is 1.65. The summed E-state index contributed by atoms with van der Waals surface area (Å²) < 4.78 is 0. The Kier molecular flexibility index (Phi) is 5.47. The Morgan fingerprint density at radius 1 is 1.47 bits per heavy atom. The van der Waals surface area contributed by atoms with E-state index in [9.17, 15) is 0 Å². The molecule has 1 rings (SSSR count). The van der Waals surface area contributed by atoms with Crippen molar-refractivity contribution >= 4 is 5.96 Å². The van der Waals surface area contributed by atoms with Gasteiger partial charge >= 0.3 is 0 Å². The van der Waals surface area contributed by atoms with Crippen molar-refractivity contribution in [3.8, 4) is 0 Å². The molecule has 4 heteroatoms. The predicted octanol–water partition coefficient (Wildman–Crippen LogP) is 0.785. The SMILES string of the molecule is CCCN=C(N)NCCN(CC)C1CC1. The first-order chi connectivity index (χ1) is 7.27. The summed E-state index contributed by atoms with van der Waals surface area (Å²) in [5.41, 5.74) is 5.70. The van der Waals surface area contributed by atoms with Crippen LogP contribution in [0.5, 0.6) is 0 Å². The molecule has 0 radical (unpaired) electrons. The summed E-state index contributed by atoms with van der Waals surface area (Å²) in [5.74, 6) is 0.587. The Hall–Kier alpha value is -0.770. The molecule has 0 aromatic rings. The van der Waals surface area contributed by atoms with Crippen molar-refractivity contribution in [1.82, 2.24) is 10.2 Å². The predicted molar refractivity (Wildman–Crippen MR) is 65.1 cm³/mol. The normalized spacial score (nSPS) is 17.1. The van der Waals surface area contributed by atoms with Crippen molar-refractivity contribution in [3.63, 3.8) is 0 Å². The van der Waals surface area contributed by atoms with Crippen LogP contribution in [0.2, 0.25) is 0 Å². The number of aliphatic imine (C=N–C) groups is 1. The zero-order valence-corrected chi connectivity index (χ0v) is 10.00. The molecule has 3 N–H and O–H groups in total. The molecule has 0 unspecified atom stereocenters. The molecule has 0 aromatic carbocycles. The van der Waals surface area contributed by atoms with Crippen molar-refractivity contribution < 1.29 is 0 Å². The summed E-state index contributed by atoms with van der Waals surface area (Å²) in [4.78, 5) is 6.69. The largest absolute Gasteiger partial charge is 0.370 e. The molecule has 0 heterocycles. The highest BCUT2D eigenvalue weighted by molar-refractivity contribution is 5.77. The standard InChI is InChI=1S/C11H24N4/c1-3-7-13-11(12)14-8-9-15(4-2)10-5-6-10/h10H,3-9H2,1-2H3,(H3,12,13,14). The number of hydrogen-bond acceptors (Lipinski definition) is 2. The van der Waals surface area contributed by atoms with Gasteiger partial charge in [0.1, 0.15) is 0 Å². The van der Waals surface area contributed by atoms with Crippen LogP contribution in [-0.4, -0.2) is 43.1 Å². The van der Waals surface area contributed by atoms with E-state index in [2.05, 4.69) is 29.1 Å². The van der Waals surface area contributed by atoms with Gasteiger partial charge in [0.05, 0.1) is 0 Å². The Bertz CT molecular complexity index is 199. The lowest BCUT2D eigenvalue weighted by Crippen LogP contribution is -2.39. The number of guanidine groups is 1. The maximum Gasteiger partial charge on any atom is 0.188 e. The number of nitrogens with zero attached hydrogens (tertiary/aromatic N) is 2. The van der Waals surface area contributed by atoms with Crippen LogP contribution in [-0.2, 0) is 0 Å². The van der Waals surface area contributed by atoms with Crippen LogP contribution >= 0.6 is 0 Å². The summed E-state index contributed by atoms with van der Waals surface area (Å²) in [6, 6.07) is 0.839. The molecule has 88 valence electrons. The van der Waals surface area contributed by atoms with E-state index in [1.807, 2.05) is 0 Å². The lowest BCUT2D eigenvalue weighted by Gasteiger charge is -2.19. The number of rotatable bonds is 7. The smallest absolute Gasteiger partial charge is 0.188 e. The topological polar surface area (TPSA) is 53.6 Å². The number of hydrogen-bond donors (Lipinski definition) is 2. The van der Waals surface area contributed by atoms with E-state index < -0.39 is 0 Å². The molecular weight excluding hydrogens is 188 g/mol. The molecule has 0 bridgehead atoms. The summed E-state index contributed by atoms with van der Waals surface area (Å²) >= 11 is 0. The van der Waals surface area contributed by atoms with Crippen LogP contribution in [0.15, 0.2) is 4.99 Å². The molecule has 1 saturated carbocycles. The molecule has 0 spiro atoms. The summed E-state index contributed by atoms with van der Waals surface area (Å²) in [7, 11) is 0. The Morgan fingerprint density at radius 2 is 2.20 bits per heavy atom. The van der Waals surface area contributed by atoms with E-state index in [1.165, 1.54) is 12.8 Å². The molecule has 1 aliphatic carbocycles. The monoisotopic (exact) mass is 212 g/mol. The van der Waals surface area contributed by atoms with Gasteiger partial charge in [0, 0.05) is 25.7 Å². The zero-order chi connectivity index (χ0) is 11.1. The second-order valence-electron chi connectivity index (χ2n) is 4.05. The van der Waals surface area contributed by atoms with E-state index in [0.717, 1.165) is 38.6 Å². The van der Waals surface area contributed by atoms with Crippen LogP contribution in [0.4, 0.5) is 0 Å². The van der Waals surface area contributed by atoms with Crippen molar-refractivity contribution in [2.75, 3.05) is 26.2 Å². The molecule has 1 fully saturated rings. The summed E-state index contributed by atoms with van der Waals surface area (Å²) in [5, 5.41) is 3.15. The molecule has 15 heavy (non-hydrogen) atoms. The van der Waals surface area contributed by atoms with Crippen molar-refractivity contribution in [3.05, 3.63) is 0 Å². The third kappa shape index (κ3) is 5.02. The fraction of sp³-hybridized carbons (Fsp3) is 0.909. The molecule has 0 amide bonds. The van der Waals surface area contributed by atoms with Gasteiger partial charge < -0.3 is 11.1 Å². The van der Waals surface area contributed by atoms with Gasteiger partial charge in [-0.25, -0.2) is 0 Å². The second-order valence-corrected chi connectivity index (χ2v) is 4.05. The minimum Gasteiger partial charge on any atom is -0.370 e. The van der Waals surface area contributed by atoms with Crippen molar-refractivity contribution in [2.45, 2.75) is 39.2 Å².